The number of hydrogen-bond donors (Lipinski definition) is 1. The molecule has 2 N–H and O–H groups in total. The SMILES string of the molecule is COc1cnc(CN)c(C(F)F)c1. The molecule has 0 aromatic carbocycles. The molecule has 0 saturated heterocycles. The Morgan fingerprint density at radius 3 is 2.77 bits per heavy atom. The first-order chi connectivity index (χ1) is 6.19. The molecule has 0 aliphatic heterocycles. The van der Waals surface area contributed by atoms with Gasteiger partial charge in [0.05, 0.1) is 19.0 Å². The number of methoxy groups -OCH3 is 1. The summed E-state index contributed by atoms with van der Waals surface area (Å²) in [4.78, 5) is 3.76. The van der Waals surface area contributed by atoms with Gasteiger partial charge in [-0.15, -0.1) is 0 Å². The predicted molar refractivity (Wildman–Crippen MR) is 43.6 cm³/mol. The van der Waals surface area contributed by atoms with Crippen molar-refractivity contribution in [3.05, 3.63) is 23.5 Å². The van der Waals surface area contributed by atoms with E-state index in [0.29, 0.717) is 5.75 Å². The quantitative estimate of drug-likeness (QED) is 0.781. The highest BCUT2D eigenvalue weighted by atomic mass is 19.3. The Hall–Kier alpha value is -1.23. The number of nitrogens with zero attached hydrogens (tertiary/aromatic N) is 1. The molecule has 72 valence electrons. The molecular formula is C8H10F2N2O. The summed E-state index contributed by atoms with van der Waals surface area (Å²) in [6.45, 7) is 0.00364. The smallest absolute Gasteiger partial charge is 0.265 e. The number of alkyl halides is 2. The number of hydrogen-bond acceptors (Lipinski definition) is 3. The van der Waals surface area contributed by atoms with Gasteiger partial charge < -0.3 is 10.5 Å². The molecule has 0 radical (unpaired) electrons. The van der Waals surface area contributed by atoms with Gasteiger partial charge in [0.1, 0.15) is 5.75 Å². The molecule has 1 heterocycles. The lowest BCUT2D eigenvalue weighted by Gasteiger charge is -2.07. The lowest BCUT2D eigenvalue weighted by molar-refractivity contribution is 0.149. The second kappa shape index (κ2) is 4.13. The van der Waals surface area contributed by atoms with E-state index in [4.69, 9.17) is 10.5 Å². The number of aromatic nitrogens is 1. The molecule has 1 aromatic rings. The van der Waals surface area contributed by atoms with Gasteiger partial charge in [-0.25, -0.2) is 8.78 Å². The molecule has 5 heteroatoms. The molecule has 0 saturated carbocycles. The van der Waals surface area contributed by atoms with Crippen LogP contribution in [-0.2, 0) is 6.54 Å². The zero-order chi connectivity index (χ0) is 9.84. The van der Waals surface area contributed by atoms with Gasteiger partial charge in [-0.3, -0.25) is 4.98 Å². The average molecular weight is 188 g/mol. The number of rotatable bonds is 3. The second-order valence-corrected chi connectivity index (χ2v) is 2.42. The summed E-state index contributed by atoms with van der Waals surface area (Å²) in [5.74, 6) is 0.313. The van der Waals surface area contributed by atoms with E-state index < -0.39 is 6.43 Å². The lowest BCUT2D eigenvalue weighted by atomic mass is 10.2. The summed E-state index contributed by atoms with van der Waals surface area (Å²) in [5, 5.41) is 0. The van der Waals surface area contributed by atoms with Crippen LogP contribution in [-0.4, -0.2) is 12.1 Å². The summed E-state index contributed by atoms with van der Waals surface area (Å²) in [5.41, 5.74) is 5.28. The van der Waals surface area contributed by atoms with Crippen molar-refractivity contribution in [3.8, 4) is 5.75 Å². The molecule has 1 aromatic heterocycles. The standard InChI is InChI=1S/C8H10F2N2O/c1-13-5-2-6(8(9)10)7(3-11)12-4-5/h2,4,8H,3,11H2,1H3. The molecule has 3 nitrogen and oxygen atoms in total. The van der Waals surface area contributed by atoms with Crippen molar-refractivity contribution >= 4 is 0 Å². The molecule has 13 heavy (non-hydrogen) atoms. The summed E-state index contributed by atoms with van der Waals surface area (Å²) < 4.78 is 29.5. The number of halogens is 2. The van der Waals surface area contributed by atoms with Crippen LogP contribution in [0.2, 0.25) is 0 Å². The van der Waals surface area contributed by atoms with E-state index in [2.05, 4.69) is 4.98 Å². The summed E-state index contributed by atoms with van der Waals surface area (Å²) in [6, 6.07) is 1.25. The normalized spacial score (nSPS) is 10.5. The minimum Gasteiger partial charge on any atom is -0.495 e. The van der Waals surface area contributed by atoms with Crippen LogP contribution in [0.25, 0.3) is 0 Å². The van der Waals surface area contributed by atoms with Crippen molar-refractivity contribution in [1.82, 2.24) is 4.98 Å². The fourth-order valence-corrected chi connectivity index (χ4v) is 0.961. The Labute approximate surface area is 74.5 Å². The zero-order valence-corrected chi connectivity index (χ0v) is 7.13. The third-order valence-corrected chi connectivity index (χ3v) is 1.64. The Bertz CT molecular complexity index is 291. The van der Waals surface area contributed by atoms with Gasteiger partial charge in [0, 0.05) is 12.1 Å². The first kappa shape index (κ1) is 9.85. The molecule has 0 fully saturated rings. The van der Waals surface area contributed by atoms with Crippen molar-refractivity contribution in [1.29, 1.82) is 0 Å². The van der Waals surface area contributed by atoms with Crippen molar-refractivity contribution < 1.29 is 13.5 Å². The molecule has 0 atom stereocenters. The maximum atomic E-state index is 12.4. The Morgan fingerprint density at radius 1 is 1.62 bits per heavy atom. The lowest BCUT2D eigenvalue weighted by Crippen LogP contribution is -2.05. The number of nitrogens with two attached hydrogens (primary N) is 1. The summed E-state index contributed by atoms with van der Waals surface area (Å²) in [7, 11) is 1.40. The van der Waals surface area contributed by atoms with Crippen LogP contribution < -0.4 is 10.5 Å². The molecule has 0 unspecified atom stereocenters. The van der Waals surface area contributed by atoms with Crippen LogP contribution in [0.4, 0.5) is 8.78 Å². The highest BCUT2D eigenvalue weighted by Gasteiger charge is 2.14. The molecule has 0 amide bonds. The maximum absolute atomic E-state index is 12.4. The van der Waals surface area contributed by atoms with E-state index >= 15 is 0 Å². The van der Waals surface area contributed by atoms with Gasteiger partial charge in [-0.2, -0.15) is 0 Å². The monoisotopic (exact) mass is 188 g/mol. The highest BCUT2D eigenvalue weighted by molar-refractivity contribution is 5.30. The van der Waals surface area contributed by atoms with Gasteiger partial charge in [0.15, 0.2) is 0 Å². The third-order valence-electron chi connectivity index (χ3n) is 1.64. The minimum absolute atomic E-state index is 0.00364. The predicted octanol–water partition coefficient (Wildman–Crippen LogP) is 1.49. The van der Waals surface area contributed by atoms with Gasteiger partial charge in [-0.05, 0) is 6.07 Å². The van der Waals surface area contributed by atoms with Crippen LogP contribution in [0, 0.1) is 0 Å². The molecule has 0 bridgehead atoms. The van der Waals surface area contributed by atoms with Crippen molar-refractivity contribution in [3.63, 3.8) is 0 Å². The van der Waals surface area contributed by atoms with Gasteiger partial charge >= 0.3 is 0 Å². The van der Waals surface area contributed by atoms with Crippen molar-refractivity contribution in [2.45, 2.75) is 13.0 Å². The number of ether oxygens (including phenoxy) is 1. The molecule has 0 aliphatic rings. The van der Waals surface area contributed by atoms with Gasteiger partial charge in [0.2, 0.25) is 0 Å². The first-order valence-corrected chi connectivity index (χ1v) is 3.70. The highest BCUT2D eigenvalue weighted by Crippen LogP contribution is 2.24. The largest absolute Gasteiger partial charge is 0.495 e. The Morgan fingerprint density at radius 2 is 2.31 bits per heavy atom. The average Bonchev–Trinajstić information content (AvgIpc) is 2.16. The molecule has 0 aliphatic carbocycles. The molecule has 1 rings (SSSR count). The third kappa shape index (κ3) is 2.12. The van der Waals surface area contributed by atoms with Crippen LogP contribution >= 0.6 is 0 Å². The van der Waals surface area contributed by atoms with Crippen molar-refractivity contribution in [2.75, 3.05) is 7.11 Å². The minimum atomic E-state index is -2.57. The van der Waals surface area contributed by atoms with Crippen LogP contribution in [0.3, 0.4) is 0 Å². The first-order valence-electron chi connectivity index (χ1n) is 3.70. The van der Waals surface area contributed by atoms with Gasteiger partial charge in [0.25, 0.3) is 6.43 Å². The van der Waals surface area contributed by atoms with Gasteiger partial charge in [-0.1, -0.05) is 0 Å². The fourth-order valence-electron chi connectivity index (χ4n) is 0.961. The van der Waals surface area contributed by atoms with E-state index in [1.54, 1.807) is 0 Å². The summed E-state index contributed by atoms with van der Waals surface area (Å²) >= 11 is 0. The van der Waals surface area contributed by atoms with Crippen LogP contribution in [0.15, 0.2) is 12.3 Å². The van der Waals surface area contributed by atoms with E-state index in [-0.39, 0.29) is 17.8 Å². The number of pyridine rings is 1. The van der Waals surface area contributed by atoms with Crippen LogP contribution in [0.5, 0.6) is 5.75 Å². The maximum Gasteiger partial charge on any atom is 0.265 e. The molecule has 0 spiro atoms. The Balaban J connectivity index is 3.10. The van der Waals surface area contributed by atoms with E-state index in [9.17, 15) is 8.78 Å². The van der Waals surface area contributed by atoms with E-state index in [0.717, 1.165) is 0 Å². The second-order valence-electron chi connectivity index (χ2n) is 2.42. The van der Waals surface area contributed by atoms with E-state index in [1.807, 2.05) is 0 Å². The Kier molecular flexibility index (Phi) is 3.13. The van der Waals surface area contributed by atoms with Crippen molar-refractivity contribution in [2.24, 2.45) is 5.73 Å². The van der Waals surface area contributed by atoms with E-state index in [1.165, 1.54) is 19.4 Å². The molecular weight excluding hydrogens is 178 g/mol. The topological polar surface area (TPSA) is 48.1 Å². The fraction of sp³-hybridized carbons (Fsp3) is 0.375. The van der Waals surface area contributed by atoms with Crippen LogP contribution in [0.1, 0.15) is 17.7 Å². The summed E-state index contributed by atoms with van der Waals surface area (Å²) in [6.07, 6.45) is -1.20. The zero-order valence-electron chi connectivity index (χ0n) is 7.13.